The Morgan fingerprint density at radius 3 is 2.43 bits per heavy atom. The largest absolute Gasteiger partial charge is 0.492 e. The van der Waals surface area contributed by atoms with Crippen molar-refractivity contribution in [3.8, 4) is 5.88 Å². The summed E-state index contributed by atoms with van der Waals surface area (Å²) in [4.78, 5) is 4.19. The maximum atomic E-state index is 9.30. The van der Waals surface area contributed by atoms with E-state index in [1.54, 1.807) is 6.20 Å². The van der Waals surface area contributed by atoms with Gasteiger partial charge in [-0.05, 0) is 12.8 Å². The molecule has 3 nitrogen and oxygen atoms in total. The van der Waals surface area contributed by atoms with E-state index in [9.17, 15) is 5.11 Å². The lowest BCUT2D eigenvalue weighted by Crippen LogP contribution is -2.05. The summed E-state index contributed by atoms with van der Waals surface area (Å²) in [6.45, 7) is 0. The summed E-state index contributed by atoms with van der Waals surface area (Å²) >= 11 is 0. The van der Waals surface area contributed by atoms with Gasteiger partial charge in [0.25, 0.3) is 0 Å². The van der Waals surface area contributed by atoms with Crippen LogP contribution >= 0.6 is 0 Å². The Bertz CT molecular complexity index is 298. The van der Waals surface area contributed by atoms with Crippen LogP contribution in [0.1, 0.15) is 50.3 Å². The van der Waals surface area contributed by atoms with E-state index in [2.05, 4.69) is 4.98 Å². The molecule has 0 unspecified atom stereocenters. The molecule has 0 aliphatic heterocycles. The number of hydrogen-bond acceptors (Lipinski definition) is 2. The maximum Gasteiger partial charge on any atom is 0.229 e. The van der Waals surface area contributed by atoms with E-state index in [-0.39, 0.29) is 5.88 Å². The van der Waals surface area contributed by atoms with Gasteiger partial charge < -0.3 is 9.67 Å². The first-order valence-corrected chi connectivity index (χ1v) is 5.49. The van der Waals surface area contributed by atoms with E-state index in [0.29, 0.717) is 5.92 Å². The zero-order chi connectivity index (χ0) is 9.97. The van der Waals surface area contributed by atoms with Gasteiger partial charge in [0.2, 0.25) is 5.88 Å². The number of imidazole rings is 1. The standard InChI is InChI=1S/C11H18N2O/c1-13-8-10(14)12-11(13)9-6-4-2-3-5-7-9/h8-9,14H,2-7H2,1H3. The minimum absolute atomic E-state index is 0.159. The van der Waals surface area contributed by atoms with Crippen molar-refractivity contribution in [3.05, 3.63) is 12.0 Å². The fourth-order valence-electron chi connectivity index (χ4n) is 2.38. The molecule has 1 saturated carbocycles. The summed E-state index contributed by atoms with van der Waals surface area (Å²) in [5.41, 5.74) is 0. The second-order valence-corrected chi connectivity index (χ2v) is 4.26. The molecule has 78 valence electrons. The molecule has 3 heteroatoms. The third-order valence-corrected chi connectivity index (χ3v) is 3.12. The predicted molar refractivity (Wildman–Crippen MR) is 55.3 cm³/mol. The number of nitrogens with zero attached hydrogens (tertiary/aromatic N) is 2. The van der Waals surface area contributed by atoms with Gasteiger partial charge in [0.05, 0.1) is 6.20 Å². The fraction of sp³-hybridized carbons (Fsp3) is 0.727. The maximum absolute atomic E-state index is 9.30. The highest BCUT2D eigenvalue weighted by molar-refractivity contribution is 5.11. The molecule has 0 radical (unpaired) electrons. The van der Waals surface area contributed by atoms with E-state index < -0.39 is 0 Å². The van der Waals surface area contributed by atoms with Crippen molar-refractivity contribution in [2.24, 2.45) is 7.05 Å². The average Bonchev–Trinajstić information content (AvgIpc) is 2.43. The highest BCUT2D eigenvalue weighted by Crippen LogP contribution is 2.31. The summed E-state index contributed by atoms with van der Waals surface area (Å²) in [6, 6.07) is 0. The quantitative estimate of drug-likeness (QED) is 0.698. The molecule has 1 aromatic rings. The van der Waals surface area contributed by atoms with Gasteiger partial charge in [-0.15, -0.1) is 0 Å². The molecule has 1 fully saturated rings. The molecule has 14 heavy (non-hydrogen) atoms. The normalized spacial score (nSPS) is 19.5. The SMILES string of the molecule is Cn1cc(O)nc1C1CCCCCC1. The van der Waals surface area contributed by atoms with Gasteiger partial charge in [0.1, 0.15) is 5.82 Å². The third kappa shape index (κ3) is 1.91. The number of aromatic hydroxyl groups is 1. The number of aromatic nitrogens is 2. The molecule has 1 aliphatic rings. The van der Waals surface area contributed by atoms with Crippen LogP contribution in [0.25, 0.3) is 0 Å². The molecule has 0 bridgehead atoms. The van der Waals surface area contributed by atoms with Crippen molar-refractivity contribution < 1.29 is 5.11 Å². The van der Waals surface area contributed by atoms with Crippen molar-refractivity contribution in [2.45, 2.75) is 44.4 Å². The smallest absolute Gasteiger partial charge is 0.229 e. The van der Waals surface area contributed by atoms with Gasteiger partial charge in [0.15, 0.2) is 0 Å². The Morgan fingerprint density at radius 1 is 1.29 bits per heavy atom. The van der Waals surface area contributed by atoms with Gasteiger partial charge in [-0.3, -0.25) is 0 Å². The van der Waals surface area contributed by atoms with Crippen LogP contribution in [-0.2, 0) is 7.05 Å². The Balaban J connectivity index is 2.15. The molecule has 0 amide bonds. The van der Waals surface area contributed by atoms with Crippen LogP contribution in [0.4, 0.5) is 0 Å². The van der Waals surface area contributed by atoms with Crippen LogP contribution < -0.4 is 0 Å². The zero-order valence-corrected chi connectivity index (χ0v) is 8.74. The summed E-state index contributed by atoms with van der Waals surface area (Å²) in [7, 11) is 1.97. The van der Waals surface area contributed by atoms with Gasteiger partial charge in [-0.25, -0.2) is 0 Å². The lowest BCUT2D eigenvalue weighted by Gasteiger charge is -2.12. The molecule has 0 saturated heterocycles. The lowest BCUT2D eigenvalue weighted by atomic mass is 10.00. The Kier molecular flexibility index (Phi) is 2.75. The van der Waals surface area contributed by atoms with E-state index in [1.807, 2.05) is 11.6 Å². The fourth-order valence-corrected chi connectivity index (χ4v) is 2.38. The molecule has 1 aromatic heterocycles. The molecule has 2 rings (SSSR count). The molecule has 1 aliphatic carbocycles. The average molecular weight is 194 g/mol. The minimum Gasteiger partial charge on any atom is -0.492 e. The number of aryl methyl sites for hydroxylation is 1. The summed E-state index contributed by atoms with van der Waals surface area (Å²) in [5, 5.41) is 9.30. The van der Waals surface area contributed by atoms with E-state index in [1.165, 1.54) is 38.5 Å². The summed E-state index contributed by atoms with van der Waals surface area (Å²) < 4.78 is 1.96. The molecular formula is C11H18N2O. The first-order chi connectivity index (χ1) is 6.77. The summed E-state index contributed by atoms with van der Waals surface area (Å²) in [5.74, 6) is 1.78. The second kappa shape index (κ2) is 4.03. The monoisotopic (exact) mass is 194 g/mol. The van der Waals surface area contributed by atoms with Crippen molar-refractivity contribution in [3.63, 3.8) is 0 Å². The molecule has 1 heterocycles. The van der Waals surface area contributed by atoms with Crippen LogP contribution in [0, 0.1) is 0 Å². The number of hydrogen-bond donors (Lipinski definition) is 1. The minimum atomic E-state index is 0.159. The van der Waals surface area contributed by atoms with Crippen molar-refractivity contribution >= 4 is 0 Å². The van der Waals surface area contributed by atoms with Crippen LogP contribution in [0.3, 0.4) is 0 Å². The van der Waals surface area contributed by atoms with Crippen LogP contribution in [0.2, 0.25) is 0 Å². The van der Waals surface area contributed by atoms with Crippen molar-refractivity contribution in [1.82, 2.24) is 9.55 Å². The highest BCUT2D eigenvalue weighted by atomic mass is 16.3. The highest BCUT2D eigenvalue weighted by Gasteiger charge is 2.18. The van der Waals surface area contributed by atoms with E-state index in [0.717, 1.165) is 5.82 Å². The van der Waals surface area contributed by atoms with E-state index >= 15 is 0 Å². The first kappa shape index (κ1) is 9.56. The molecule has 0 spiro atoms. The molecule has 0 aromatic carbocycles. The van der Waals surface area contributed by atoms with Crippen LogP contribution in [0.15, 0.2) is 6.20 Å². The first-order valence-electron chi connectivity index (χ1n) is 5.49. The topological polar surface area (TPSA) is 38.0 Å². The molecule has 0 atom stereocenters. The predicted octanol–water partition coefficient (Wildman–Crippen LogP) is 2.56. The Labute approximate surface area is 84.8 Å². The van der Waals surface area contributed by atoms with Gasteiger partial charge in [-0.1, -0.05) is 25.7 Å². The lowest BCUT2D eigenvalue weighted by molar-refractivity contribution is 0.452. The van der Waals surface area contributed by atoms with Crippen molar-refractivity contribution in [2.75, 3.05) is 0 Å². The van der Waals surface area contributed by atoms with Crippen LogP contribution in [0.5, 0.6) is 5.88 Å². The Hall–Kier alpha value is -0.990. The summed E-state index contributed by atoms with van der Waals surface area (Å²) in [6.07, 6.45) is 9.46. The zero-order valence-electron chi connectivity index (χ0n) is 8.74. The van der Waals surface area contributed by atoms with Gasteiger partial charge in [0, 0.05) is 13.0 Å². The molecular weight excluding hydrogens is 176 g/mol. The van der Waals surface area contributed by atoms with Crippen molar-refractivity contribution in [1.29, 1.82) is 0 Å². The Morgan fingerprint density at radius 2 is 1.93 bits per heavy atom. The van der Waals surface area contributed by atoms with Gasteiger partial charge in [-0.2, -0.15) is 4.98 Å². The number of rotatable bonds is 1. The van der Waals surface area contributed by atoms with Crippen LogP contribution in [-0.4, -0.2) is 14.7 Å². The molecule has 1 N–H and O–H groups in total. The van der Waals surface area contributed by atoms with Gasteiger partial charge >= 0.3 is 0 Å². The second-order valence-electron chi connectivity index (χ2n) is 4.26. The third-order valence-electron chi connectivity index (χ3n) is 3.12. The van der Waals surface area contributed by atoms with E-state index in [4.69, 9.17) is 0 Å².